The summed E-state index contributed by atoms with van der Waals surface area (Å²) in [4.78, 5) is 17.1. The largest absolute Gasteiger partial charge is 0.478 e. The number of benzene rings is 1. The molecule has 0 saturated carbocycles. The van der Waals surface area contributed by atoms with Crippen LogP contribution in [0.2, 0.25) is 5.02 Å². The summed E-state index contributed by atoms with van der Waals surface area (Å²) >= 11 is 7.79. The molecule has 0 aliphatic rings. The van der Waals surface area contributed by atoms with Gasteiger partial charge < -0.3 is 10.0 Å². The van der Waals surface area contributed by atoms with Crippen molar-refractivity contribution in [1.29, 1.82) is 0 Å². The highest BCUT2D eigenvalue weighted by atomic mass is 35.5. The van der Waals surface area contributed by atoms with Crippen molar-refractivity contribution in [2.24, 2.45) is 0 Å². The van der Waals surface area contributed by atoms with Crippen LogP contribution in [-0.2, 0) is 11.3 Å². The molecule has 0 fully saturated rings. The minimum atomic E-state index is -1.00. The third kappa shape index (κ3) is 4.06. The summed E-state index contributed by atoms with van der Waals surface area (Å²) in [6, 6.07) is 5.50. The van der Waals surface area contributed by atoms with E-state index in [0.717, 1.165) is 22.5 Å². The van der Waals surface area contributed by atoms with Gasteiger partial charge in [-0.15, -0.1) is 11.3 Å². The monoisotopic (exact) mass is 322 g/mol. The number of thiazole rings is 1. The zero-order chi connectivity index (χ0) is 15.4. The van der Waals surface area contributed by atoms with Crippen molar-refractivity contribution >= 4 is 40.7 Å². The van der Waals surface area contributed by atoms with Crippen molar-refractivity contribution in [1.82, 2.24) is 4.98 Å². The molecule has 1 heterocycles. The summed E-state index contributed by atoms with van der Waals surface area (Å²) in [5, 5.41) is 12.3. The Morgan fingerprint density at radius 3 is 2.90 bits per heavy atom. The molecule has 0 radical (unpaired) electrons. The lowest BCUT2D eigenvalue weighted by molar-refractivity contribution is -0.131. The number of carboxylic acid groups (broad SMARTS) is 1. The van der Waals surface area contributed by atoms with E-state index in [1.54, 1.807) is 17.4 Å². The number of carboxylic acids is 1. The van der Waals surface area contributed by atoms with Crippen LogP contribution in [-0.4, -0.2) is 23.1 Å². The number of hydrogen-bond donors (Lipinski definition) is 1. The Kier molecular flexibility index (Phi) is 4.98. The number of hydrogen-bond acceptors (Lipinski definition) is 4. The third-order valence-electron chi connectivity index (χ3n) is 2.90. The molecule has 2 rings (SSSR count). The first-order valence-corrected chi connectivity index (χ1v) is 7.55. The molecule has 4 nitrogen and oxygen atoms in total. The molecule has 110 valence electrons. The molecule has 2 aromatic rings. The van der Waals surface area contributed by atoms with Gasteiger partial charge in [0.05, 0.1) is 17.2 Å². The lowest BCUT2D eigenvalue weighted by Gasteiger charge is -2.21. The maximum atomic E-state index is 10.7. The summed E-state index contributed by atoms with van der Waals surface area (Å²) in [5.74, 6) is -1.00. The van der Waals surface area contributed by atoms with Crippen LogP contribution in [0.3, 0.4) is 0 Å². The van der Waals surface area contributed by atoms with Crippen molar-refractivity contribution in [2.45, 2.75) is 13.5 Å². The van der Waals surface area contributed by atoms with Gasteiger partial charge in [-0.2, -0.15) is 0 Å². The molecule has 6 heteroatoms. The van der Waals surface area contributed by atoms with Crippen molar-refractivity contribution in [3.63, 3.8) is 0 Å². The second-order valence-corrected chi connectivity index (χ2v) is 6.03. The number of halogens is 1. The van der Waals surface area contributed by atoms with E-state index in [0.29, 0.717) is 17.1 Å². The summed E-state index contributed by atoms with van der Waals surface area (Å²) in [5.41, 5.74) is 2.54. The van der Waals surface area contributed by atoms with Gasteiger partial charge in [0.25, 0.3) is 0 Å². The van der Waals surface area contributed by atoms with Crippen LogP contribution < -0.4 is 4.90 Å². The van der Waals surface area contributed by atoms with E-state index in [9.17, 15) is 4.79 Å². The number of aliphatic carboxylic acids is 1. The normalized spacial score (nSPS) is 11.0. The summed E-state index contributed by atoms with van der Waals surface area (Å²) in [7, 11) is 1.93. The Balaban J connectivity index is 2.29. The minimum Gasteiger partial charge on any atom is -0.478 e. The Hall–Kier alpha value is -1.85. The zero-order valence-electron chi connectivity index (χ0n) is 11.7. The number of nitrogens with zero attached hydrogens (tertiary/aromatic N) is 2. The van der Waals surface area contributed by atoms with E-state index in [1.807, 2.05) is 36.4 Å². The number of rotatable bonds is 5. The van der Waals surface area contributed by atoms with E-state index in [2.05, 4.69) is 4.98 Å². The summed E-state index contributed by atoms with van der Waals surface area (Å²) < 4.78 is 0. The molecule has 1 aromatic carbocycles. The fraction of sp³-hybridized carbons (Fsp3) is 0.200. The van der Waals surface area contributed by atoms with Gasteiger partial charge in [-0.05, 0) is 25.1 Å². The first kappa shape index (κ1) is 15.5. The second kappa shape index (κ2) is 6.74. The topological polar surface area (TPSA) is 53.4 Å². The molecule has 0 saturated heterocycles. The molecule has 0 aliphatic carbocycles. The Morgan fingerprint density at radius 1 is 1.52 bits per heavy atom. The average Bonchev–Trinajstić information content (AvgIpc) is 2.82. The highest BCUT2D eigenvalue weighted by Gasteiger charge is 2.11. The standard InChI is InChI=1S/C15H15ClN2O2S/c1-10-17-11(9-21-10)8-18(2)14-5-3-4-13(16)12(14)6-7-15(19)20/h3-7,9H,8H2,1-2H3,(H,19,20). The van der Waals surface area contributed by atoms with Gasteiger partial charge in [0, 0.05) is 34.8 Å². The fourth-order valence-corrected chi connectivity index (χ4v) is 2.82. The van der Waals surface area contributed by atoms with Crippen molar-refractivity contribution in [3.05, 3.63) is 50.9 Å². The molecule has 1 N–H and O–H groups in total. The molecule has 1 aromatic heterocycles. The van der Waals surface area contributed by atoms with Crippen LogP contribution in [0.4, 0.5) is 5.69 Å². The van der Waals surface area contributed by atoms with Gasteiger partial charge in [-0.3, -0.25) is 0 Å². The van der Waals surface area contributed by atoms with Crippen LogP contribution in [0.25, 0.3) is 6.08 Å². The zero-order valence-corrected chi connectivity index (χ0v) is 13.3. The smallest absolute Gasteiger partial charge is 0.328 e. The van der Waals surface area contributed by atoms with Crippen molar-refractivity contribution in [3.8, 4) is 0 Å². The summed E-state index contributed by atoms with van der Waals surface area (Å²) in [6.45, 7) is 2.60. The van der Waals surface area contributed by atoms with Crippen molar-refractivity contribution in [2.75, 3.05) is 11.9 Å². The highest BCUT2D eigenvalue weighted by molar-refractivity contribution is 7.09. The maximum absolute atomic E-state index is 10.7. The molecule has 0 aliphatic heterocycles. The van der Waals surface area contributed by atoms with Crippen LogP contribution in [0, 0.1) is 6.92 Å². The van der Waals surface area contributed by atoms with E-state index in [-0.39, 0.29) is 0 Å². The Bertz CT molecular complexity index is 682. The van der Waals surface area contributed by atoms with Gasteiger partial charge in [-0.25, -0.2) is 9.78 Å². The van der Waals surface area contributed by atoms with Gasteiger partial charge in [0.2, 0.25) is 0 Å². The SMILES string of the molecule is Cc1nc(CN(C)c2cccc(Cl)c2C=CC(=O)O)cs1. The Labute approximate surface area is 132 Å². The lowest BCUT2D eigenvalue weighted by Crippen LogP contribution is -2.17. The third-order valence-corrected chi connectivity index (χ3v) is 4.05. The van der Waals surface area contributed by atoms with E-state index >= 15 is 0 Å². The molecule has 0 atom stereocenters. The number of carbonyl (C=O) groups is 1. The summed E-state index contributed by atoms with van der Waals surface area (Å²) in [6.07, 6.45) is 2.61. The van der Waals surface area contributed by atoms with E-state index < -0.39 is 5.97 Å². The molecule has 0 spiro atoms. The van der Waals surface area contributed by atoms with Gasteiger partial charge in [-0.1, -0.05) is 17.7 Å². The van der Waals surface area contributed by atoms with Crippen LogP contribution in [0.15, 0.2) is 29.7 Å². The van der Waals surface area contributed by atoms with Crippen LogP contribution in [0.1, 0.15) is 16.3 Å². The molecular formula is C15H15ClN2O2S. The van der Waals surface area contributed by atoms with Gasteiger partial charge in [0.1, 0.15) is 0 Å². The highest BCUT2D eigenvalue weighted by Crippen LogP contribution is 2.29. The van der Waals surface area contributed by atoms with Crippen LogP contribution >= 0.6 is 22.9 Å². The first-order chi connectivity index (χ1) is 9.97. The molecule has 0 unspecified atom stereocenters. The lowest BCUT2D eigenvalue weighted by atomic mass is 10.1. The number of aromatic nitrogens is 1. The predicted octanol–water partition coefficient (Wildman–Crippen LogP) is 3.84. The average molecular weight is 323 g/mol. The first-order valence-electron chi connectivity index (χ1n) is 6.29. The molecule has 21 heavy (non-hydrogen) atoms. The number of anilines is 1. The molecular weight excluding hydrogens is 308 g/mol. The quantitative estimate of drug-likeness (QED) is 0.850. The molecule has 0 amide bonds. The predicted molar refractivity (Wildman–Crippen MR) is 87.1 cm³/mol. The van der Waals surface area contributed by atoms with Gasteiger partial charge >= 0.3 is 5.97 Å². The second-order valence-electron chi connectivity index (χ2n) is 4.56. The fourth-order valence-electron chi connectivity index (χ4n) is 1.99. The van der Waals surface area contributed by atoms with E-state index in [4.69, 9.17) is 16.7 Å². The van der Waals surface area contributed by atoms with Gasteiger partial charge in [0.15, 0.2) is 0 Å². The maximum Gasteiger partial charge on any atom is 0.328 e. The Morgan fingerprint density at radius 2 is 2.29 bits per heavy atom. The van der Waals surface area contributed by atoms with Crippen molar-refractivity contribution < 1.29 is 9.90 Å². The molecule has 0 bridgehead atoms. The number of aryl methyl sites for hydroxylation is 1. The van der Waals surface area contributed by atoms with Crippen LogP contribution in [0.5, 0.6) is 0 Å². The minimum absolute atomic E-state index is 0.520. The van der Waals surface area contributed by atoms with E-state index in [1.165, 1.54) is 6.08 Å².